The number of Topliss-reactive ketones (excluding diaryl/α,β-unsaturated/α-hetero) is 1. The topological polar surface area (TPSA) is 49.4 Å². The van der Waals surface area contributed by atoms with Crippen LogP contribution in [-0.2, 0) is 4.79 Å². The van der Waals surface area contributed by atoms with Crippen LogP contribution in [0.4, 0.5) is 0 Å². The molecule has 0 aliphatic carbocycles. The van der Waals surface area contributed by atoms with Crippen LogP contribution >= 0.6 is 11.3 Å². The zero-order chi connectivity index (χ0) is 14.4. The van der Waals surface area contributed by atoms with E-state index in [1.165, 1.54) is 11.3 Å². The van der Waals surface area contributed by atoms with E-state index in [0.717, 1.165) is 9.75 Å². The van der Waals surface area contributed by atoms with Gasteiger partial charge in [-0.05, 0) is 39.4 Å². The lowest BCUT2D eigenvalue weighted by atomic mass is 10.3. The van der Waals surface area contributed by atoms with E-state index in [-0.39, 0.29) is 24.3 Å². The summed E-state index contributed by atoms with van der Waals surface area (Å²) < 4.78 is 0. The molecule has 1 aromatic heterocycles. The molecule has 1 rings (SSSR count). The number of carbonyl (C=O) groups is 2. The highest BCUT2D eigenvalue weighted by Gasteiger charge is 2.15. The maximum atomic E-state index is 12.1. The summed E-state index contributed by atoms with van der Waals surface area (Å²) in [6, 6.07) is 3.92. The maximum absolute atomic E-state index is 12.1. The van der Waals surface area contributed by atoms with Crippen molar-refractivity contribution < 1.29 is 9.59 Å². The second-order valence-electron chi connectivity index (χ2n) is 4.86. The molecule has 106 valence electrons. The average Bonchev–Trinajstić information content (AvgIpc) is 2.73. The van der Waals surface area contributed by atoms with E-state index in [9.17, 15) is 9.59 Å². The van der Waals surface area contributed by atoms with E-state index in [4.69, 9.17) is 0 Å². The van der Waals surface area contributed by atoms with Gasteiger partial charge in [0.2, 0.25) is 5.91 Å². The van der Waals surface area contributed by atoms with E-state index in [1.807, 2.05) is 44.7 Å². The molecule has 19 heavy (non-hydrogen) atoms. The Hall–Kier alpha value is -1.20. The van der Waals surface area contributed by atoms with Crippen molar-refractivity contribution in [1.29, 1.82) is 0 Å². The number of ketones is 1. The summed E-state index contributed by atoms with van der Waals surface area (Å²) in [4.78, 5) is 27.5. The molecule has 0 fully saturated rings. The summed E-state index contributed by atoms with van der Waals surface area (Å²) >= 11 is 1.50. The summed E-state index contributed by atoms with van der Waals surface area (Å²) in [5.41, 5.74) is 0. The van der Waals surface area contributed by atoms with Crippen LogP contribution < -0.4 is 5.32 Å². The van der Waals surface area contributed by atoms with Crippen LogP contribution in [0.2, 0.25) is 0 Å². The minimum absolute atomic E-state index is 0.0352. The number of hydrogen-bond donors (Lipinski definition) is 1. The molecule has 1 amide bonds. The Balaban J connectivity index is 2.52. The first-order chi connectivity index (χ1) is 8.92. The molecule has 1 N–H and O–H groups in total. The van der Waals surface area contributed by atoms with E-state index < -0.39 is 0 Å². The van der Waals surface area contributed by atoms with Gasteiger partial charge < -0.3 is 5.32 Å². The van der Waals surface area contributed by atoms with Crippen LogP contribution in [0.5, 0.6) is 0 Å². The Morgan fingerprint density at radius 1 is 1.32 bits per heavy atom. The molecule has 0 saturated carbocycles. The second kappa shape index (κ2) is 7.40. The standard InChI is InChI=1S/C14H22N2O2S/c1-5-16(9-14(18)15-10(2)3)8-12(17)13-7-6-11(4)19-13/h6-7,10H,5,8-9H2,1-4H3,(H,15,18). The third kappa shape index (κ3) is 5.53. The molecular formula is C14H22N2O2S. The van der Waals surface area contributed by atoms with Gasteiger partial charge >= 0.3 is 0 Å². The molecule has 0 spiro atoms. The van der Waals surface area contributed by atoms with Gasteiger partial charge in [-0.15, -0.1) is 11.3 Å². The van der Waals surface area contributed by atoms with Gasteiger partial charge in [0.25, 0.3) is 0 Å². The molecule has 4 nitrogen and oxygen atoms in total. The number of carbonyl (C=O) groups excluding carboxylic acids is 2. The van der Waals surface area contributed by atoms with Gasteiger partial charge in [0, 0.05) is 10.9 Å². The Morgan fingerprint density at radius 2 is 2.00 bits per heavy atom. The summed E-state index contributed by atoms with van der Waals surface area (Å²) in [5.74, 6) is 0.0457. The van der Waals surface area contributed by atoms with Gasteiger partial charge in [-0.25, -0.2) is 0 Å². The minimum Gasteiger partial charge on any atom is -0.353 e. The first-order valence-electron chi connectivity index (χ1n) is 6.53. The summed E-state index contributed by atoms with van der Waals surface area (Å²) in [6.45, 7) is 9.03. The molecule has 1 aromatic rings. The predicted octanol–water partition coefficient (Wildman–Crippen LogP) is 2.09. The molecule has 0 atom stereocenters. The SMILES string of the molecule is CCN(CC(=O)NC(C)C)CC(=O)c1ccc(C)s1. The van der Waals surface area contributed by atoms with E-state index in [0.29, 0.717) is 13.1 Å². The Bertz CT molecular complexity index is 440. The van der Waals surface area contributed by atoms with Crippen molar-refractivity contribution in [2.45, 2.75) is 33.7 Å². The van der Waals surface area contributed by atoms with Gasteiger partial charge in [-0.3, -0.25) is 14.5 Å². The van der Waals surface area contributed by atoms with Gasteiger partial charge in [0.05, 0.1) is 18.0 Å². The number of rotatable bonds is 7. The third-order valence-corrected chi connectivity index (χ3v) is 3.69. The predicted molar refractivity (Wildman–Crippen MR) is 78.8 cm³/mol. The van der Waals surface area contributed by atoms with Crippen molar-refractivity contribution in [3.05, 3.63) is 21.9 Å². The van der Waals surface area contributed by atoms with Gasteiger partial charge in [0.1, 0.15) is 0 Å². The molecular weight excluding hydrogens is 260 g/mol. The van der Waals surface area contributed by atoms with Crippen molar-refractivity contribution in [3.8, 4) is 0 Å². The molecule has 0 aromatic carbocycles. The highest BCUT2D eigenvalue weighted by atomic mass is 32.1. The number of nitrogens with zero attached hydrogens (tertiary/aromatic N) is 1. The molecule has 0 unspecified atom stereocenters. The Morgan fingerprint density at radius 3 is 2.47 bits per heavy atom. The summed E-state index contributed by atoms with van der Waals surface area (Å²) in [7, 11) is 0. The molecule has 0 saturated heterocycles. The van der Waals surface area contributed by atoms with Gasteiger partial charge in [-0.2, -0.15) is 0 Å². The number of aryl methyl sites for hydroxylation is 1. The number of amides is 1. The molecule has 0 aliphatic heterocycles. The third-order valence-electron chi connectivity index (χ3n) is 2.65. The highest BCUT2D eigenvalue weighted by Crippen LogP contribution is 2.15. The number of nitrogens with one attached hydrogen (secondary N) is 1. The number of hydrogen-bond acceptors (Lipinski definition) is 4. The quantitative estimate of drug-likeness (QED) is 0.779. The maximum Gasteiger partial charge on any atom is 0.234 e. The van der Waals surface area contributed by atoms with Crippen LogP contribution in [-0.4, -0.2) is 42.3 Å². The smallest absolute Gasteiger partial charge is 0.234 e. The monoisotopic (exact) mass is 282 g/mol. The second-order valence-corrected chi connectivity index (χ2v) is 6.15. The highest BCUT2D eigenvalue weighted by molar-refractivity contribution is 7.14. The van der Waals surface area contributed by atoms with Crippen molar-refractivity contribution in [1.82, 2.24) is 10.2 Å². The van der Waals surface area contributed by atoms with E-state index in [1.54, 1.807) is 0 Å². The summed E-state index contributed by atoms with van der Waals surface area (Å²) in [6.07, 6.45) is 0. The minimum atomic E-state index is -0.0352. The lowest BCUT2D eigenvalue weighted by Crippen LogP contribution is -2.41. The molecule has 0 bridgehead atoms. The van der Waals surface area contributed by atoms with Crippen LogP contribution in [0, 0.1) is 6.92 Å². The van der Waals surface area contributed by atoms with E-state index >= 15 is 0 Å². The van der Waals surface area contributed by atoms with Crippen molar-refractivity contribution in [3.63, 3.8) is 0 Å². The normalized spacial score (nSPS) is 11.1. The largest absolute Gasteiger partial charge is 0.353 e. The van der Waals surface area contributed by atoms with Crippen LogP contribution in [0.15, 0.2) is 12.1 Å². The molecule has 5 heteroatoms. The number of likely N-dealkylation sites (N-methyl/N-ethyl adjacent to an activating group) is 1. The first-order valence-corrected chi connectivity index (χ1v) is 7.35. The van der Waals surface area contributed by atoms with E-state index in [2.05, 4.69) is 5.32 Å². The summed E-state index contributed by atoms with van der Waals surface area (Å²) in [5, 5.41) is 2.84. The fourth-order valence-corrected chi connectivity index (χ4v) is 2.51. The zero-order valence-corrected chi connectivity index (χ0v) is 12.8. The molecule has 0 radical (unpaired) electrons. The zero-order valence-electron chi connectivity index (χ0n) is 12.0. The van der Waals surface area contributed by atoms with Gasteiger partial charge in [-0.1, -0.05) is 6.92 Å². The van der Waals surface area contributed by atoms with Crippen LogP contribution in [0.25, 0.3) is 0 Å². The van der Waals surface area contributed by atoms with Crippen molar-refractivity contribution >= 4 is 23.0 Å². The fraction of sp³-hybridized carbons (Fsp3) is 0.571. The van der Waals surface area contributed by atoms with Crippen molar-refractivity contribution in [2.75, 3.05) is 19.6 Å². The molecule has 1 heterocycles. The van der Waals surface area contributed by atoms with Crippen molar-refractivity contribution in [2.24, 2.45) is 0 Å². The fourth-order valence-electron chi connectivity index (χ4n) is 1.72. The molecule has 0 aliphatic rings. The van der Waals surface area contributed by atoms with Crippen LogP contribution in [0.1, 0.15) is 35.3 Å². The lowest BCUT2D eigenvalue weighted by Gasteiger charge is -2.19. The number of thiophene rings is 1. The van der Waals surface area contributed by atoms with Gasteiger partial charge in [0.15, 0.2) is 5.78 Å². The Kier molecular flexibility index (Phi) is 6.18. The van der Waals surface area contributed by atoms with Crippen LogP contribution in [0.3, 0.4) is 0 Å². The Labute approximate surface area is 118 Å². The average molecular weight is 282 g/mol. The first kappa shape index (κ1) is 15.9. The lowest BCUT2D eigenvalue weighted by molar-refractivity contribution is -0.122.